The molecule has 0 atom stereocenters. The number of aryl methyl sites for hydroxylation is 2. The fraction of sp³-hybridized carbons (Fsp3) is 0.407. The van der Waals surface area contributed by atoms with Gasteiger partial charge in [-0.2, -0.15) is 0 Å². The van der Waals surface area contributed by atoms with Crippen LogP contribution in [-0.2, 0) is 12.8 Å². The molecule has 31 heavy (non-hydrogen) atoms. The maximum atomic E-state index is 3.55. The molecule has 0 amide bonds. The first-order chi connectivity index (χ1) is 15.2. The van der Waals surface area contributed by atoms with Crippen molar-refractivity contribution in [1.29, 1.82) is 0 Å². The summed E-state index contributed by atoms with van der Waals surface area (Å²) in [5, 5.41) is 2.79. The largest absolute Gasteiger partial charge is 0.358 e. The summed E-state index contributed by atoms with van der Waals surface area (Å²) in [7, 11) is 0. The maximum Gasteiger partial charge on any atom is 0.0458 e. The first-order valence-electron chi connectivity index (χ1n) is 11.8. The zero-order valence-corrected chi connectivity index (χ0v) is 18.9. The van der Waals surface area contributed by atoms with Gasteiger partial charge < -0.3 is 19.8 Å². The molecule has 2 aromatic carbocycles. The number of para-hydroxylation sites is 2. The number of hydrogen-bond donors (Lipinski definition) is 2. The number of aromatic nitrogens is 2. The average Bonchev–Trinajstić information content (AvgIpc) is 3.16. The molecule has 5 rings (SSSR count). The molecule has 0 radical (unpaired) electrons. The van der Waals surface area contributed by atoms with Crippen LogP contribution in [0.5, 0.6) is 0 Å². The van der Waals surface area contributed by atoms with Crippen molar-refractivity contribution >= 4 is 21.8 Å². The lowest BCUT2D eigenvalue weighted by Crippen LogP contribution is -2.33. The predicted octanol–water partition coefficient (Wildman–Crippen LogP) is 5.06. The van der Waals surface area contributed by atoms with Crippen LogP contribution in [0.3, 0.4) is 0 Å². The first-order valence-corrected chi connectivity index (χ1v) is 11.8. The van der Waals surface area contributed by atoms with E-state index in [2.05, 4.69) is 82.1 Å². The van der Waals surface area contributed by atoms with Crippen molar-refractivity contribution in [2.75, 3.05) is 39.3 Å². The minimum atomic E-state index is 1.13. The quantitative estimate of drug-likeness (QED) is 0.463. The lowest BCUT2D eigenvalue weighted by atomic mass is 10.1. The van der Waals surface area contributed by atoms with Crippen molar-refractivity contribution in [3.8, 4) is 0 Å². The van der Waals surface area contributed by atoms with E-state index in [4.69, 9.17) is 0 Å². The Bertz CT molecular complexity index is 1080. The standard InChI is InChI=1S/C27H34N4/c1-20-22(24-8-3-5-10-26(24)28-20)12-16-30-14-7-15-31(19-18-30)17-13-23-21(2)29-27-11-6-4-9-25(23)27/h3-6,8-11,28-29H,7,12-19H2,1-2H3. The summed E-state index contributed by atoms with van der Waals surface area (Å²) in [5.74, 6) is 0. The molecule has 0 aliphatic carbocycles. The van der Waals surface area contributed by atoms with Crippen LogP contribution in [-0.4, -0.2) is 59.0 Å². The number of hydrogen-bond acceptors (Lipinski definition) is 2. The van der Waals surface area contributed by atoms with E-state index in [1.165, 1.54) is 76.9 Å². The van der Waals surface area contributed by atoms with Gasteiger partial charge in [0.2, 0.25) is 0 Å². The van der Waals surface area contributed by atoms with Gasteiger partial charge in [-0.25, -0.2) is 0 Å². The molecule has 4 nitrogen and oxygen atoms in total. The Morgan fingerprint density at radius 3 is 1.58 bits per heavy atom. The van der Waals surface area contributed by atoms with Crippen molar-refractivity contribution in [2.24, 2.45) is 0 Å². The summed E-state index contributed by atoms with van der Waals surface area (Å²) in [4.78, 5) is 12.4. The minimum absolute atomic E-state index is 1.13. The Morgan fingerprint density at radius 2 is 1.10 bits per heavy atom. The fourth-order valence-electron chi connectivity index (χ4n) is 5.33. The van der Waals surface area contributed by atoms with Crippen LogP contribution in [0, 0.1) is 13.8 Å². The van der Waals surface area contributed by atoms with E-state index in [0.717, 1.165) is 25.9 Å². The first kappa shape index (κ1) is 20.3. The summed E-state index contributed by atoms with van der Waals surface area (Å²) in [6.07, 6.45) is 3.52. The van der Waals surface area contributed by atoms with Crippen LogP contribution in [0.2, 0.25) is 0 Å². The van der Waals surface area contributed by atoms with E-state index in [1.54, 1.807) is 0 Å². The highest BCUT2D eigenvalue weighted by molar-refractivity contribution is 5.85. The Morgan fingerprint density at radius 1 is 0.645 bits per heavy atom. The van der Waals surface area contributed by atoms with Crippen LogP contribution >= 0.6 is 0 Å². The summed E-state index contributed by atoms with van der Waals surface area (Å²) < 4.78 is 0. The van der Waals surface area contributed by atoms with Gasteiger partial charge in [0.1, 0.15) is 0 Å². The molecule has 1 fully saturated rings. The molecule has 1 aliphatic rings. The zero-order valence-electron chi connectivity index (χ0n) is 18.9. The molecular formula is C27H34N4. The number of fused-ring (bicyclic) bond motifs is 2. The van der Waals surface area contributed by atoms with Crippen LogP contribution < -0.4 is 0 Å². The third-order valence-corrected chi connectivity index (χ3v) is 7.09. The number of benzene rings is 2. The van der Waals surface area contributed by atoms with Crippen LogP contribution in [0.25, 0.3) is 21.8 Å². The second kappa shape index (κ2) is 8.89. The van der Waals surface area contributed by atoms with Gasteiger partial charge in [-0.3, -0.25) is 0 Å². The average molecular weight is 415 g/mol. The number of aromatic amines is 2. The van der Waals surface area contributed by atoms with Crippen molar-refractivity contribution in [3.05, 3.63) is 71.0 Å². The van der Waals surface area contributed by atoms with E-state index in [1.807, 2.05) is 0 Å². The number of rotatable bonds is 6. The van der Waals surface area contributed by atoms with Crippen molar-refractivity contribution in [2.45, 2.75) is 33.1 Å². The van der Waals surface area contributed by atoms with Crippen LogP contribution in [0.1, 0.15) is 28.9 Å². The molecule has 4 heteroatoms. The summed E-state index contributed by atoms with van der Waals surface area (Å²) in [5.41, 5.74) is 8.17. The van der Waals surface area contributed by atoms with Crippen LogP contribution in [0.15, 0.2) is 48.5 Å². The van der Waals surface area contributed by atoms with Gasteiger partial charge in [-0.15, -0.1) is 0 Å². The van der Waals surface area contributed by atoms with Gasteiger partial charge in [0.15, 0.2) is 0 Å². The highest BCUT2D eigenvalue weighted by Crippen LogP contribution is 2.24. The maximum absolute atomic E-state index is 3.55. The van der Waals surface area contributed by atoms with E-state index < -0.39 is 0 Å². The minimum Gasteiger partial charge on any atom is -0.358 e. The number of nitrogens with zero attached hydrogens (tertiary/aromatic N) is 2. The molecular weight excluding hydrogens is 380 g/mol. The van der Waals surface area contributed by atoms with E-state index in [0.29, 0.717) is 0 Å². The molecule has 1 saturated heterocycles. The lowest BCUT2D eigenvalue weighted by Gasteiger charge is -2.22. The highest BCUT2D eigenvalue weighted by Gasteiger charge is 2.17. The molecule has 4 aromatic rings. The van der Waals surface area contributed by atoms with Gasteiger partial charge in [0, 0.05) is 59.4 Å². The highest BCUT2D eigenvalue weighted by atomic mass is 15.2. The summed E-state index contributed by atoms with van der Waals surface area (Å²) in [6.45, 7) is 11.5. The Hall–Kier alpha value is -2.56. The van der Waals surface area contributed by atoms with E-state index in [-0.39, 0.29) is 0 Å². The zero-order chi connectivity index (χ0) is 21.2. The van der Waals surface area contributed by atoms with Crippen molar-refractivity contribution < 1.29 is 0 Å². The number of nitrogens with one attached hydrogen (secondary N) is 2. The summed E-state index contributed by atoms with van der Waals surface area (Å²) >= 11 is 0. The molecule has 0 unspecified atom stereocenters. The topological polar surface area (TPSA) is 38.1 Å². The second-order valence-corrected chi connectivity index (χ2v) is 9.09. The molecule has 1 aliphatic heterocycles. The molecule has 162 valence electrons. The fourth-order valence-corrected chi connectivity index (χ4v) is 5.33. The monoisotopic (exact) mass is 414 g/mol. The van der Waals surface area contributed by atoms with Gasteiger partial charge >= 0.3 is 0 Å². The second-order valence-electron chi connectivity index (χ2n) is 9.09. The third kappa shape index (κ3) is 4.28. The van der Waals surface area contributed by atoms with Gasteiger partial charge in [0.05, 0.1) is 0 Å². The Labute approximate surface area is 185 Å². The Kier molecular flexibility index (Phi) is 5.84. The molecule has 0 spiro atoms. The molecule has 3 heterocycles. The van der Waals surface area contributed by atoms with Gasteiger partial charge in [-0.05, 0) is 69.5 Å². The smallest absolute Gasteiger partial charge is 0.0458 e. The third-order valence-electron chi connectivity index (χ3n) is 7.09. The van der Waals surface area contributed by atoms with Crippen molar-refractivity contribution in [1.82, 2.24) is 19.8 Å². The van der Waals surface area contributed by atoms with Gasteiger partial charge in [0.25, 0.3) is 0 Å². The molecule has 0 saturated carbocycles. The predicted molar refractivity (Wildman–Crippen MR) is 131 cm³/mol. The SMILES string of the molecule is Cc1[nH]c2ccccc2c1CCN1CCCN(CCc2c(C)[nH]c3ccccc23)CC1. The van der Waals surface area contributed by atoms with E-state index in [9.17, 15) is 0 Å². The van der Waals surface area contributed by atoms with Gasteiger partial charge in [-0.1, -0.05) is 36.4 Å². The number of H-pyrrole nitrogens is 2. The molecule has 0 bridgehead atoms. The normalized spacial score (nSPS) is 16.3. The van der Waals surface area contributed by atoms with E-state index >= 15 is 0 Å². The van der Waals surface area contributed by atoms with Crippen molar-refractivity contribution in [3.63, 3.8) is 0 Å². The molecule has 2 aromatic heterocycles. The van der Waals surface area contributed by atoms with Crippen LogP contribution in [0.4, 0.5) is 0 Å². The summed E-state index contributed by atoms with van der Waals surface area (Å²) in [6, 6.07) is 17.4. The Balaban J connectivity index is 1.17. The molecule has 2 N–H and O–H groups in total. The lowest BCUT2D eigenvalue weighted by molar-refractivity contribution is 0.260.